The smallest absolute Gasteiger partial charge is 0.134 e. The molecule has 3 N–H and O–H groups in total. The van der Waals surface area contributed by atoms with Gasteiger partial charge in [0.1, 0.15) is 18.0 Å². The minimum absolute atomic E-state index is 0.230. The average Bonchev–Trinajstić information content (AvgIpc) is 2.28. The standard InChI is InChI=1S/C11H20N4O/c1-8(4-5-16)6-13-11-9(2)10(12-3)14-7-15-11/h7-8,16H,4-6H2,1-3H3,(H2,12,13,14,15). The third kappa shape index (κ3) is 3.34. The third-order valence-corrected chi connectivity index (χ3v) is 2.56. The van der Waals surface area contributed by atoms with Gasteiger partial charge in [-0.15, -0.1) is 0 Å². The van der Waals surface area contributed by atoms with Crippen molar-refractivity contribution in [2.45, 2.75) is 20.3 Å². The molecule has 1 aromatic heterocycles. The maximum Gasteiger partial charge on any atom is 0.134 e. The number of anilines is 2. The van der Waals surface area contributed by atoms with Crippen molar-refractivity contribution in [1.82, 2.24) is 9.97 Å². The van der Waals surface area contributed by atoms with E-state index in [1.807, 2.05) is 14.0 Å². The van der Waals surface area contributed by atoms with Crippen LogP contribution < -0.4 is 10.6 Å². The molecule has 90 valence electrons. The van der Waals surface area contributed by atoms with Crippen LogP contribution in [-0.2, 0) is 0 Å². The predicted molar refractivity (Wildman–Crippen MR) is 65.7 cm³/mol. The van der Waals surface area contributed by atoms with Crippen LogP contribution >= 0.6 is 0 Å². The summed E-state index contributed by atoms with van der Waals surface area (Å²) in [5.74, 6) is 2.12. The number of rotatable bonds is 6. The molecule has 0 aliphatic rings. The fraction of sp³-hybridized carbons (Fsp3) is 0.636. The molecule has 0 amide bonds. The zero-order chi connectivity index (χ0) is 12.0. The van der Waals surface area contributed by atoms with E-state index < -0.39 is 0 Å². The van der Waals surface area contributed by atoms with Gasteiger partial charge in [0.15, 0.2) is 0 Å². The molecule has 0 aliphatic heterocycles. The molecule has 0 aromatic carbocycles. The van der Waals surface area contributed by atoms with Gasteiger partial charge in [0.2, 0.25) is 0 Å². The first-order chi connectivity index (χ1) is 7.69. The highest BCUT2D eigenvalue weighted by Crippen LogP contribution is 2.17. The molecule has 1 aromatic rings. The molecule has 1 rings (SSSR count). The normalized spacial score (nSPS) is 12.2. The quantitative estimate of drug-likeness (QED) is 0.678. The highest BCUT2D eigenvalue weighted by atomic mass is 16.3. The Bertz CT molecular complexity index is 330. The average molecular weight is 224 g/mol. The second kappa shape index (κ2) is 6.27. The summed E-state index contributed by atoms with van der Waals surface area (Å²) in [6.45, 7) is 5.11. The van der Waals surface area contributed by atoms with Crippen LogP contribution in [0.5, 0.6) is 0 Å². The highest BCUT2D eigenvalue weighted by molar-refractivity contribution is 5.55. The molecule has 1 atom stereocenters. The molecule has 1 unspecified atom stereocenters. The zero-order valence-electron chi connectivity index (χ0n) is 10.1. The summed E-state index contributed by atoms with van der Waals surface area (Å²) in [4.78, 5) is 8.31. The lowest BCUT2D eigenvalue weighted by Gasteiger charge is -2.14. The SMILES string of the molecule is CNc1ncnc(NCC(C)CCO)c1C. The van der Waals surface area contributed by atoms with Crippen molar-refractivity contribution in [3.63, 3.8) is 0 Å². The number of hydrogen-bond acceptors (Lipinski definition) is 5. The molecule has 5 nitrogen and oxygen atoms in total. The maximum atomic E-state index is 8.81. The van der Waals surface area contributed by atoms with Crippen molar-refractivity contribution in [2.24, 2.45) is 5.92 Å². The van der Waals surface area contributed by atoms with E-state index in [-0.39, 0.29) is 6.61 Å². The summed E-state index contributed by atoms with van der Waals surface area (Å²) in [5, 5.41) is 15.1. The molecule has 16 heavy (non-hydrogen) atoms. The summed E-state index contributed by atoms with van der Waals surface area (Å²) in [5.41, 5.74) is 1.01. The lowest BCUT2D eigenvalue weighted by molar-refractivity contribution is 0.266. The zero-order valence-corrected chi connectivity index (χ0v) is 10.1. The number of nitrogens with zero attached hydrogens (tertiary/aromatic N) is 2. The molecule has 0 saturated carbocycles. The second-order valence-corrected chi connectivity index (χ2v) is 3.94. The van der Waals surface area contributed by atoms with E-state index in [4.69, 9.17) is 5.11 Å². The minimum atomic E-state index is 0.230. The van der Waals surface area contributed by atoms with E-state index in [0.717, 1.165) is 30.2 Å². The Kier molecular flexibility index (Phi) is 4.98. The van der Waals surface area contributed by atoms with E-state index in [2.05, 4.69) is 27.5 Å². The monoisotopic (exact) mass is 224 g/mol. The molecular formula is C11H20N4O. The van der Waals surface area contributed by atoms with Gasteiger partial charge in [0, 0.05) is 25.8 Å². The molecule has 5 heteroatoms. The molecule has 0 bridgehead atoms. The van der Waals surface area contributed by atoms with Crippen LogP contribution in [0.3, 0.4) is 0 Å². The molecule has 0 saturated heterocycles. The lowest BCUT2D eigenvalue weighted by atomic mass is 10.1. The molecular weight excluding hydrogens is 204 g/mol. The summed E-state index contributed by atoms with van der Waals surface area (Å²) < 4.78 is 0. The Balaban J connectivity index is 2.60. The number of aliphatic hydroxyl groups excluding tert-OH is 1. The maximum absolute atomic E-state index is 8.81. The van der Waals surface area contributed by atoms with Crippen LogP contribution in [0, 0.1) is 12.8 Å². The highest BCUT2D eigenvalue weighted by Gasteiger charge is 2.06. The van der Waals surface area contributed by atoms with Crippen LogP contribution in [0.15, 0.2) is 6.33 Å². The van der Waals surface area contributed by atoms with Gasteiger partial charge in [0.25, 0.3) is 0 Å². The molecule has 0 aliphatic carbocycles. The number of hydrogen-bond donors (Lipinski definition) is 3. The Hall–Kier alpha value is -1.36. The van der Waals surface area contributed by atoms with Crippen LogP contribution in [-0.4, -0.2) is 35.3 Å². The van der Waals surface area contributed by atoms with Crippen LogP contribution in [0.4, 0.5) is 11.6 Å². The van der Waals surface area contributed by atoms with Crippen molar-refractivity contribution < 1.29 is 5.11 Å². The largest absolute Gasteiger partial charge is 0.396 e. The third-order valence-electron chi connectivity index (χ3n) is 2.56. The number of nitrogens with one attached hydrogen (secondary N) is 2. The first-order valence-corrected chi connectivity index (χ1v) is 5.53. The van der Waals surface area contributed by atoms with Crippen molar-refractivity contribution in [1.29, 1.82) is 0 Å². The van der Waals surface area contributed by atoms with E-state index in [1.54, 1.807) is 0 Å². The van der Waals surface area contributed by atoms with E-state index >= 15 is 0 Å². The summed E-state index contributed by atoms with van der Waals surface area (Å²) in [6, 6.07) is 0. The summed E-state index contributed by atoms with van der Waals surface area (Å²) in [6.07, 6.45) is 2.34. The molecule has 1 heterocycles. The van der Waals surface area contributed by atoms with Crippen molar-refractivity contribution in [3.8, 4) is 0 Å². The van der Waals surface area contributed by atoms with E-state index in [9.17, 15) is 0 Å². The van der Waals surface area contributed by atoms with E-state index in [0.29, 0.717) is 5.92 Å². The minimum Gasteiger partial charge on any atom is -0.396 e. The van der Waals surface area contributed by atoms with E-state index in [1.165, 1.54) is 6.33 Å². The lowest BCUT2D eigenvalue weighted by Crippen LogP contribution is -2.14. The van der Waals surface area contributed by atoms with Gasteiger partial charge in [-0.05, 0) is 19.3 Å². The van der Waals surface area contributed by atoms with Crippen LogP contribution in [0.25, 0.3) is 0 Å². The van der Waals surface area contributed by atoms with Crippen LogP contribution in [0.2, 0.25) is 0 Å². The van der Waals surface area contributed by atoms with Gasteiger partial charge in [-0.3, -0.25) is 0 Å². The first kappa shape index (κ1) is 12.7. The fourth-order valence-electron chi connectivity index (χ4n) is 1.47. The van der Waals surface area contributed by atoms with Crippen molar-refractivity contribution >= 4 is 11.6 Å². The Labute approximate surface area is 96.3 Å². The Morgan fingerprint density at radius 1 is 1.38 bits per heavy atom. The van der Waals surface area contributed by atoms with Crippen molar-refractivity contribution in [2.75, 3.05) is 30.8 Å². The predicted octanol–water partition coefficient (Wildman–Crippen LogP) is 1.26. The van der Waals surface area contributed by atoms with Gasteiger partial charge in [0.05, 0.1) is 0 Å². The summed E-state index contributed by atoms with van der Waals surface area (Å²) in [7, 11) is 1.84. The Morgan fingerprint density at radius 2 is 2.06 bits per heavy atom. The van der Waals surface area contributed by atoms with Gasteiger partial charge in [-0.25, -0.2) is 9.97 Å². The summed E-state index contributed by atoms with van der Waals surface area (Å²) >= 11 is 0. The number of aliphatic hydroxyl groups is 1. The first-order valence-electron chi connectivity index (χ1n) is 5.53. The van der Waals surface area contributed by atoms with Gasteiger partial charge >= 0.3 is 0 Å². The van der Waals surface area contributed by atoms with Gasteiger partial charge < -0.3 is 15.7 Å². The second-order valence-electron chi connectivity index (χ2n) is 3.94. The molecule has 0 radical (unpaired) electrons. The van der Waals surface area contributed by atoms with Gasteiger partial charge in [-0.2, -0.15) is 0 Å². The van der Waals surface area contributed by atoms with Crippen molar-refractivity contribution in [3.05, 3.63) is 11.9 Å². The fourth-order valence-corrected chi connectivity index (χ4v) is 1.47. The molecule has 0 spiro atoms. The molecule has 0 fully saturated rings. The Morgan fingerprint density at radius 3 is 2.69 bits per heavy atom. The van der Waals surface area contributed by atoms with Gasteiger partial charge in [-0.1, -0.05) is 6.92 Å². The number of aromatic nitrogens is 2. The topological polar surface area (TPSA) is 70.1 Å². The van der Waals surface area contributed by atoms with Crippen LogP contribution in [0.1, 0.15) is 18.9 Å².